The standard InChI is InChI=1S/C29H41N3O2/c1-34-23-25-11-7-19-32(22-25)28-17-20-31(21-18-28)27-15-13-26(14-16-27)30-29(33)12-6-5-10-24-8-3-2-4-9-24/h2-4,8-9,13-16,25,28H,5-7,10-12,17-23H2,1H3,(H,30,33). The van der Waals surface area contributed by atoms with E-state index in [4.69, 9.17) is 4.74 Å². The second-order valence-electron chi connectivity index (χ2n) is 9.96. The van der Waals surface area contributed by atoms with E-state index in [1.165, 1.54) is 50.0 Å². The van der Waals surface area contributed by atoms with Gasteiger partial charge < -0.3 is 15.0 Å². The molecule has 0 radical (unpaired) electrons. The molecule has 34 heavy (non-hydrogen) atoms. The molecule has 5 nitrogen and oxygen atoms in total. The second-order valence-corrected chi connectivity index (χ2v) is 9.96. The van der Waals surface area contributed by atoms with Crippen molar-refractivity contribution in [2.75, 3.05) is 50.1 Å². The molecule has 0 bridgehead atoms. The Kier molecular flexibility index (Phi) is 9.40. The van der Waals surface area contributed by atoms with Crippen molar-refractivity contribution >= 4 is 17.3 Å². The zero-order valence-electron chi connectivity index (χ0n) is 20.8. The Balaban J connectivity index is 1.16. The Morgan fingerprint density at radius 1 is 0.971 bits per heavy atom. The second kappa shape index (κ2) is 12.9. The lowest BCUT2D eigenvalue weighted by atomic mass is 9.94. The van der Waals surface area contributed by atoms with Gasteiger partial charge in [-0.3, -0.25) is 9.69 Å². The van der Waals surface area contributed by atoms with E-state index in [1.807, 2.05) is 25.3 Å². The Morgan fingerprint density at radius 2 is 1.74 bits per heavy atom. The number of carbonyl (C=O) groups excluding carboxylic acids is 1. The van der Waals surface area contributed by atoms with E-state index in [0.29, 0.717) is 18.4 Å². The number of methoxy groups -OCH3 is 1. The van der Waals surface area contributed by atoms with Crippen molar-refractivity contribution in [2.45, 2.75) is 57.4 Å². The first-order valence-electron chi connectivity index (χ1n) is 13.1. The summed E-state index contributed by atoms with van der Waals surface area (Å²) < 4.78 is 5.41. The molecule has 2 aliphatic heterocycles. The molecular weight excluding hydrogens is 422 g/mol. The molecule has 2 aromatic carbocycles. The zero-order valence-corrected chi connectivity index (χ0v) is 20.8. The average Bonchev–Trinajstić information content (AvgIpc) is 2.88. The van der Waals surface area contributed by atoms with Crippen molar-refractivity contribution in [1.82, 2.24) is 4.90 Å². The van der Waals surface area contributed by atoms with Gasteiger partial charge in [-0.25, -0.2) is 0 Å². The maximum Gasteiger partial charge on any atom is 0.224 e. The Hall–Kier alpha value is -2.37. The molecule has 4 rings (SSSR count). The first-order chi connectivity index (χ1) is 16.7. The van der Waals surface area contributed by atoms with Crippen molar-refractivity contribution in [3.63, 3.8) is 0 Å². The van der Waals surface area contributed by atoms with Gasteiger partial charge in [-0.1, -0.05) is 30.3 Å². The van der Waals surface area contributed by atoms with Crippen LogP contribution in [0.4, 0.5) is 11.4 Å². The highest BCUT2D eigenvalue weighted by molar-refractivity contribution is 5.90. The molecule has 1 unspecified atom stereocenters. The van der Waals surface area contributed by atoms with Crippen LogP contribution in [0, 0.1) is 5.92 Å². The number of hydrogen-bond acceptors (Lipinski definition) is 4. The summed E-state index contributed by atoms with van der Waals surface area (Å²) in [6.45, 7) is 5.53. The number of hydrogen-bond donors (Lipinski definition) is 1. The molecule has 2 saturated heterocycles. The summed E-state index contributed by atoms with van der Waals surface area (Å²) in [4.78, 5) is 17.5. The molecule has 2 heterocycles. The topological polar surface area (TPSA) is 44.8 Å². The van der Waals surface area contributed by atoms with Crippen LogP contribution in [0.5, 0.6) is 0 Å². The summed E-state index contributed by atoms with van der Waals surface area (Å²) in [6.07, 6.45) is 8.61. The van der Waals surface area contributed by atoms with Gasteiger partial charge in [0, 0.05) is 50.6 Å². The van der Waals surface area contributed by atoms with E-state index < -0.39 is 0 Å². The fourth-order valence-electron chi connectivity index (χ4n) is 5.53. The van der Waals surface area contributed by atoms with Gasteiger partial charge in [-0.15, -0.1) is 0 Å². The van der Waals surface area contributed by atoms with Crippen molar-refractivity contribution < 1.29 is 9.53 Å². The molecular formula is C29H41N3O2. The summed E-state index contributed by atoms with van der Waals surface area (Å²) >= 11 is 0. The number of carbonyl (C=O) groups is 1. The third kappa shape index (κ3) is 7.31. The smallest absolute Gasteiger partial charge is 0.224 e. The molecule has 2 aromatic rings. The number of likely N-dealkylation sites (tertiary alicyclic amines) is 1. The first-order valence-corrected chi connectivity index (χ1v) is 13.1. The maximum atomic E-state index is 12.3. The molecule has 1 amide bonds. The number of unbranched alkanes of at least 4 members (excludes halogenated alkanes) is 1. The van der Waals surface area contributed by atoms with E-state index in [9.17, 15) is 4.79 Å². The summed E-state index contributed by atoms with van der Waals surface area (Å²) in [5, 5.41) is 3.06. The van der Waals surface area contributed by atoms with E-state index in [1.54, 1.807) is 0 Å². The van der Waals surface area contributed by atoms with Crippen LogP contribution in [0.1, 0.15) is 50.5 Å². The monoisotopic (exact) mass is 463 g/mol. The van der Waals surface area contributed by atoms with Crippen molar-refractivity contribution in [3.05, 3.63) is 60.2 Å². The molecule has 1 N–H and O–H groups in total. The molecule has 1 atom stereocenters. The van der Waals surface area contributed by atoms with Crippen LogP contribution in [0.25, 0.3) is 0 Å². The highest BCUT2D eigenvalue weighted by Crippen LogP contribution is 2.27. The molecule has 0 aromatic heterocycles. The normalized spacial score (nSPS) is 19.8. The lowest BCUT2D eigenvalue weighted by Crippen LogP contribution is -2.49. The van der Waals surface area contributed by atoms with Gasteiger partial charge in [-0.05, 0) is 87.2 Å². The van der Waals surface area contributed by atoms with Crippen LogP contribution in [0.3, 0.4) is 0 Å². The predicted molar refractivity (Wildman–Crippen MR) is 140 cm³/mol. The lowest BCUT2D eigenvalue weighted by molar-refractivity contribution is -0.116. The quantitative estimate of drug-likeness (QED) is 0.482. The number of piperidine rings is 2. The van der Waals surface area contributed by atoms with Gasteiger partial charge in [0.15, 0.2) is 0 Å². The number of rotatable bonds is 10. The predicted octanol–water partition coefficient (Wildman–Crippen LogP) is 5.37. The van der Waals surface area contributed by atoms with Crippen LogP contribution >= 0.6 is 0 Å². The van der Waals surface area contributed by atoms with Gasteiger partial charge >= 0.3 is 0 Å². The van der Waals surface area contributed by atoms with E-state index in [0.717, 1.165) is 44.6 Å². The Bertz CT molecular complexity index is 861. The Morgan fingerprint density at radius 3 is 2.47 bits per heavy atom. The summed E-state index contributed by atoms with van der Waals surface area (Å²) in [6, 6.07) is 19.6. The summed E-state index contributed by atoms with van der Waals surface area (Å²) in [7, 11) is 1.82. The average molecular weight is 464 g/mol. The lowest BCUT2D eigenvalue weighted by Gasteiger charge is -2.42. The van der Waals surface area contributed by atoms with Gasteiger partial charge in [-0.2, -0.15) is 0 Å². The number of nitrogens with one attached hydrogen (secondary N) is 1. The van der Waals surface area contributed by atoms with E-state index >= 15 is 0 Å². The van der Waals surface area contributed by atoms with Crippen LogP contribution in [0.15, 0.2) is 54.6 Å². The van der Waals surface area contributed by atoms with Crippen LogP contribution < -0.4 is 10.2 Å². The third-order valence-corrected chi connectivity index (χ3v) is 7.41. The van der Waals surface area contributed by atoms with Gasteiger partial charge in [0.05, 0.1) is 6.61 Å². The fraction of sp³-hybridized carbons (Fsp3) is 0.552. The highest BCUT2D eigenvalue weighted by atomic mass is 16.5. The van der Waals surface area contributed by atoms with Gasteiger partial charge in [0.25, 0.3) is 0 Å². The van der Waals surface area contributed by atoms with E-state index in [-0.39, 0.29) is 5.91 Å². The minimum absolute atomic E-state index is 0.106. The summed E-state index contributed by atoms with van der Waals surface area (Å²) in [5.41, 5.74) is 3.49. The Labute approximate surface area is 205 Å². The summed E-state index contributed by atoms with van der Waals surface area (Å²) in [5.74, 6) is 0.804. The number of benzene rings is 2. The largest absolute Gasteiger partial charge is 0.384 e. The van der Waals surface area contributed by atoms with Crippen molar-refractivity contribution in [3.8, 4) is 0 Å². The SMILES string of the molecule is COCC1CCCN(C2CCN(c3ccc(NC(=O)CCCCc4ccccc4)cc3)CC2)C1. The number of amides is 1. The van der Waals surface area contributed by atoms with Crippen LogP contribution in [-0.4, -0.2) is 56.7 Å². The number of ether oxygens (including phenoxy) is 1. The molecule has 2 aliphatic rings. The highest BCUT2D eigenvalue weighted by Gasteiger charge is 2.28. The van der Waals surface area contributed by atoms with Gasteiger partial charge in [0.2, 0.25) is 5.91 Å². The number of nitrogens with zero attached hydrogens (tertiary/aromatic N) is 2. The van der Waals surface area contributed by atoms with Crippen LogP contribution in [0.2, 0.25) is 0 Å². The molecule has 2 fully saturated rings. The molecule has 0 saturated carbocycles. The fourth-order valence-corrected chi connectivity index (χ4v) is 5.53. The third-order valence-electron chi connectivity index (χ3n) is 7.41. The van der Waals surface area contributed by atoms with E-state index in [2.05, 4.69) is 51.5 Å². The molecule has 5 heteroatoms. The first kappa shape index (κ1) is 24.7. The molecule has 184 valence electrons. The number of anilines is 2. The van der Waals surface area contributed by atoms with Crippen molar-refractivity contribution in [1.29, 1.82) is 0 Å². The maximum absolute atomic E-state index is 12.3. The van der Waals surface area contributed by atoms with Crippen LogP contribution in [-0.2, 0) is 16.0 Å². The molecule has 0 spiro atoms. The molecule has 0 aliphatic carbocycles. The minimum Gasteiger partial charge on any atom is -0.384 e. The van der Waals surface area contributed by atoms with Gasteiger partial charge in [0.1, 0.15) is 0 Å². The van der Waals surface area contributed by atoms with Crippen molar-refractivity contribution in [2.24, 2.45) is 5.92 Å². The number of aryl methyl sites for hydroxylation is 1. The minimum atomic E-state index is 0.106. The zero-order chi connectivity index (χ0) is 23.6.